The van der Waals surface area contributed by atoms with E-state index in [1.54, 1.807) is 18.7 Å². The molecule has 0 aliphatic heterocycles. The third-order valence-corrected chi connectivity index (χ3v) is 14.2. The number of benzene rings is 4. The molecule has 1 aliphatic rings. The Morgan fingerprint density at radius 2 is 0.571 bits per heavy atom. The van der Waals surface area contributed by atoms with Crippen LogP contribution in [0.4, 0.5) is 0 Å². The Kier molecular flexibility index (Phi) is 32.4. The van der Waals surface area contributed by atoms with Crippen LogP contribution in [-0.4, -0.2) is 74.8 Å². The highest BCUT2D eigenvalue weighted by atomic mass is 15.0. The van der Waals surface area contributed by atoms with Crippen LogP contribution in [0.3, 0.4) is 0 Å². The Hall–Kier alpha value is -11.2. The van der Waals surface area contributed by atoms with Crippen LogP contribution in [0, 0.1) is 132 Å². The molecule has 14 rings (SSSR count). The lowest BCUT2D eigenvalue weighted by Gasteiger charge is -2.33. The first-order valence-electron chi connectivity index (χ1n) is 32.5. The minimum Gasteiger partial charge on any atom is -0.264 e. The van der Waals surface area contributed by atoms with Gasteiger partial charge in [0, 0.05) is 93.6 Å². The molecule has 0 spiro atoms. The van der Waals surface area contributed by atoms with E-state index in [1.165, 1.54) is 56.4 Å². The number of hydrogen-bond donors (Lipinski definition) is 0. The fraction of sp³-hybridized carbons (Fsp3) is 0.241. The van der Waals surface area contributed by atoms with Crippen LogP contribution in [0.2, 0.25) is 0 Å². The highest BCUT2D eigenvalue weighted by Crippen LogP contribution is 2.55. The van der Waals surface area contributed by atoms with E-state index in [9.17, 15) is 0 Å². The van der Waals surface area contributed by atoms with Gasteiger partial charge in [0.2, 0.25) is 0 Å². The van der Waals surface area contributed by atoms with E-state index in [0.29, 0.717) is 0 Å². The van der Waals surface area contributed by atoms with Crippen molar-refractivity contribution in [1.29, 1.82) is 0 Å². The van der Waals surface area contributed by atoms with Crippen molar-refractivity contribution in [1.82, 2.24) is 74.8 Å². The summed E-state index contributed by atoms with van der Waals surface area (Å²) in [5.41, 5.74) is 23.2. The zero-order valence-corrected chi connectivity index (χ0v) is 60.6. The van der Waals surface area contributed by atoms with E-state index in [-0.39, 0.29) is 5.41 Å². The van der Waals surface area contributed by atoms with Crippen LogP contribution in [0.1, 0.15) is 131 Å². The molecule has 0 N–H and O–H groups in total. The molecule has 0 radical (unpaired) electrons. The maximum Gasteiger partial charge on any atom is 0.129 e. The monoisotopic (exact) mass is 1300 g/mol. The van der Waals surface area contributed by atoms with Crippen LogP contribution in [-0.2, 0) is 5.41 Å². The van der Waals surface area contributed by atoms with Crippen LogP contribution in [0.25, 0.3) is 11.1 Å². The average molecular weight is 1300 g/mol. The fourth-order valence-corrected chi connectivity index (χ4v) is 10.3. The number of nitrogens with zero attached hydrogens (tertiary/aromatic N) is 15. The number of aryl methyl sites for hydroxylation is 19. The van der Waals surface area contributed by atoms with Crippen LogP contribution >= 0.6 is 0 Å². The zero-order valence-electron chi connectivity index (χ0n) is 60.6. The zero-order chi connectivity index (χ0) is 71.4. The summed E-state index contributed by atoms with van der Waals surface area (Å²) in [4.78, 5) is 60.0. The molecule has 15 nitrogen and oxygen atoms in total. The number of pyridine rings is 4. The summed E-state index contributed by atoms with van der Waals surface area (Å²) in [6.45, 7) is 37.2. The first-order valence-corrected chi connectivity index (χ1v) is 32.5. The Morgan fingerprint density at radius 1 is 0.224 bits per heavy atom. The summed E-state index contributed by atoms with van der Waals surface area (Å²) in [5, 5.41) is 0. The van der Waals surface area contributed by atoms with E-state index in [2.05, 4.69) is 203 Å². The topological polar surface area (TPSA) is 193 Å². The van der Waals surface area contributed by atoms with E-state index < -0.39 is 0 Å². The van der Waals surface area contributed by atoms with Crippen LogP contribution in [0.15, 0.2) is 232 Å². The van der Waals surface area contributed by atoms with Gasteiger partial charge in [0.05, 0.1) is 5.41 Å². The van der Waals surface area contributed by atoms with Crippen molar-refractivity contribution in [3.63, 3.8) is 0 Å². The van der Waals surface area contributed by atoms with Gasteiger partial charge in [0.15, 0.2) is 0 Å². The first kappa shape index (κ1) is 77.5. The number of rotatable bonds is 2. The van der Waals surface area contributed by atoms with Gasteiger partial charge >= 0.3 is 0 Å². The van der Waals surface area contributed by atoms with Crippen LogP contribution < -0.4 is 0 Å². The summed E-state index contributed by atoms with van der Waals surface area (Å²) in [6.07, 6.45) is 12.1. The molecule has 0 saturated carbocycles. The van der Waals surface area contributed by atoms with Gasteiger partial charge in [0.1, 0.15) is 41.8 Å². The highest BCUT2D eigenvalue weighted by Gasteiger charge is 2.45. The lowest BCUT2D eigenvalue weighted by Crippen LogP contribution is -2.28. The number of aromatic nitrogens is 15. The Morgan fingerprint density at radius 3 is 0.857 bits per heavy atom. The molecule has 0 unspecified atom stereocenters. The molecule has 98 heavy (non-hydrogen) atoms. The van der Waals surface area contributed by atoms with Crippen molar-refractivity contribution in [3.8, 4) is 11.1 Å². The maximum atomic E-state index is 4.17. The summed E-state index contributed by atoms with van der Waals surface area (Å²) < 4.78 is 0. The predicted molar refractivity (Wildman–Crippen MR) is 399 cm³/mol. The molecular weight excluding hydrogens is 1210 g/mol. The molecule has 4 aromatic carbocycles. The van der Waals surface area contributed by atoms with Crippen molar-refractivity contribution >= 4 is 0 Å². The van der Waals surface area contributed by atoms with Crippen molar-refractivity contribution in [2.75, 3.05) is 0 Å². The van der Waals surface area contributed by atoms with Gasteiger partial charge in [-0.05, 0) is 242 Å². The molecule has 0 atom stereocenters. The van der Waals surface area contributed by atoms with Crippen molar-refractivity contribution in [2.24, 2.45) is 0 Å². The lowest BCUT2D eigenvalue weighted by atomic mass is 9.68. The van der Waals surface area contributed by atoms with Gasteiger partial charge in [-0.3, -0.25) is 19.9 Å². The number of hydrogen-bond acceptors (Lipinski definition) is 15. The Bertz CT molecular complexity index is 3690. The van der Waals surface area contributed by atoms with E-state index in [0.717, 1.165) is 91.8 Å². The number of fused-ring (bicyclic) bond motifs is 3. The van der Waals surface area contributed by atoms with Crippen LogP contribution in [0.5, 0.6) is 0 Å². The smallest absolute Gasteiger partial charge is 0.129 e. The maximum absolute atomic E-state index is 4.17. The van der Waals surface area contributed by atoms with E-state index in [1.807, 2.05) is 210 Å². The molecule has 1 aliphatic carbocycles. The second-order valence-corrected chi connectivity index (χ2v) is 23.5. The Labute approximate surface area is 582 Å². The third-order valence-electron chi connectivity index (χ3n) is 14.2. The third kappa shape index (κ3) is 27.6. The average Bonchev–Trinajstić information content (AvgIpc) is 1.53. The van der Waals surface area contributed by atoms with Crippen molar-refractivity contribution in [3.05, 3.63) is 362 Å². The summed E-state index contributed by atoms with van der Waals surface area (Å²) in [7, 11) is 0. The van der Waals surface area contributed by atoms with Gasteiger partial charge in [-0.25, -0.2) is 54.8 Å². The molecule has 9 heterocycles. The summed E-state index contributed by atoms with van der Waals surface area (Å²) in [6, 6.07) is 65.3. The van der Waals surface area contributed by atoms with Gasteiger partial charge in [0.25, 0.3) is 0 Å². The van der Waals surface area contributed by atoms with E-state index in [4.69, 9.17) is 0 Å². The SMILES string of the molecule is Cc1cc(C)nc(C)n1.Cc1cc(C)ncn1.Cc1cccc(C)n1.Cc1cccc(C)n1.Cc1ccnc(C)c1.Cc1ccnc(C)n1.Cc1ccnc(C)n1.Cc1cncc(C)c1.Cc1ncnc(C)n1.c1ccc(C2(c3ccccc3)c3ccccc3-c3ccccc32)cc1. The molecule has 15 heteroatoms. The normalized spacial score (nSPS) is 10.5. The molecule has 502 valence electrons. The first-order chi connectivity index (χ1) is 46.9. The van der Waals surface area contributed by atoms with Crippen molar-refractivity contribution < 1.29 is 0 Å². The molecule has 0 amide bonds. The Balaban J connectivity index is 0.000000206. The summed E-state index contributed by atoms with van der Waals surface area (Å²) >= 11 is 0. The van der Waals surface area contributed by atoms with Gasteiger partial charge in [-0.2, -0.15) is 0 Å². The second-order valence-electron chi connectivity index (χ2n) is 23.5. The minimum atomic E-state index is -0.254. The van der Waals surface area contributed by atoms with Gasteiger partial charge < -0.3 is 0 Å². The lowest BCUT2D eigenvalue weighted by molar-refractivity contribution is 0.768. The largest absolute Gasteiger partial charge is 0.264 e. The second kappa shape index (κ2) is 40.9. The fourth-order valence-electron chi connectivity index (χ4n) is 10.3. The molecule has 0 saturated heterocycles. The molecule has 9 aromatic heterocycles. The quantitative estimate of drug-likeness (QED) is 0.158. The van der Waals surface area contributed by atoms with Crippen molar-refractivity contribution in [2.45, 2.75) is 137 Å². The van der Waals surface area contributed by atoms with E-state index >= 15 is 0 Å². The molecule has 13 aromatic rings. The highest BCUT2D eigenvalue weighted by molar-refractivity contribution is 5.86. The summed E-state index contributed by atoms with van der Waals surface area (Å²) in [5.74, 6) is 4.08. The molecular formula is C83H95N15. The van der Waals surface area contributed by atoms with Gasteiger partial charge in [-0.15, -0.1) is 0 Å². The molecule has 0 fully saturated rings. The minimum absolute atomic E-state index is 0.254. The molecule has 0 bridgehead atoms. The predicted octanol–water partition coefficient (Wildman–Crippen LogP) is 18.0. The standard InChI is InChI=1S/C25H18.C7H10N2.4C7H9N.3C6H8N2.C5H7N3/c1-3-11-19(12-4-1)25(20-13-5-2-6-14-20)23-17-9-7-15-21(23)22-16-8-10-18-24(22)25;1-5-4-6(2)9-7(3)8-5;1-6-3-7(2)5-8-4-6;1-6-3-4-8-7(2)5-6;2*1-6-4-3-5-7(2)8-6;1-5-3-6(2)8-4-7-5;2*1-5-3-4-7-6(2)8-5;1-4-6-3-7-5(2)8-4/h1-18H;4H,1-3H3;4*3-5H,1-2H3;3*3-4H,1-2H3;3H,1-2H3. The van der Waals surface area contributed by atoms with Gasteiger partial charge in [-0.1, -0.05) is 127 Å².